The van der Waals surface area contributed by atoms with Gasteiger partial charge in [0.1, 0.15) is 11.0 Å². The Morgan fingerprint density at radius 3 is 2.50 bits per heavy atom. The number of pyridine rings is 3. The molecule has 5 nitrogen and oxygen atoms in total. The molecule has 0 atom stereocenters. The van der Waals surface area contributed by atoms with E-state index in [0.29, 0.717) is 23.2 Å². The summed E-state index contributed by atoms with van der Waals surface area (Å²) in [5.41, 5.74) is 11.3. The molecule has 6 heteroatoms. The maximum Gasteiger partial charge on any atom is 0.140 e. The van der Waals surface area contributed by atoms with Crippen LogP contribution in [0, 0.1) is 0 Å². The second kappa shape index (κ2) is 8.65. The number of aromatic nitrogens is 3. The number of nitrogens with two attached hydrogens (primary N) is 1. The van der Waals surface area contributed by atoms with Gasteiger partial charge in [0.15, 0.2) is 0 Å². The largest absolute Gasteiger partial charge is 0.397 e. The molecule has 0 bridgehead atoms. The maximum absolute atomic E-state index is 6.74. The molecule has 3 N–H and O–H groups in total. The van der Waals surface area contributed by atoms with Crippen molar-refractivity contribution in [3.8, 4) is 22.3 Å². The number of benzene rings is 2. The number of nitrogens with zero attached hydrogens (tertiary/aromatic N) is 3. The van der Waals surface area contributed by atoms with E-state index in [1.165, 1.54) is 0 Å². The molecule has 3 aromatic heterocycles. The van der Waals surface area contributed by atoms with Crippen LogP contribution in [0.4, 0.5) is 11.5 Å². The van der Waals surface area contributed by atoms with Crippen LogP contribution in [0.25, 0.3) is 33.0 Å². The summed E-state index contributed by atoms with van der Waals surface area (Å²) >= 11 is 6.74. The first kappa shape index (κ1) is 20.0. The van der Waals surface area contributed by atoms with Crippen molar-refractivity contribution in [2.75, 3.05) is 11.1 Å². The fourth-order valence-electron chi connectivity index (χ4n) is 3.87. The highest BCUT2D eigenvalue weighted by atomic mass is 35.5. The van der Waals surface area contributed by atoms with Crippen LogP contribution in [0.3, 0.4) is 0 Å². The molecule has 0 aliphatic carbocycles. The molecule has 3 heterocycles. The zero-order valence-electron chi connectivity index (χ0n) is 17.2. The third-order valence-corrected chi connectivity index (χ3v) is 5.56. The second-order valence-electron chi connectivity index (χ2n) is 7.40. The zero-order chi connectivity index (χ0) is 21.9. The molecule has 5 aromatic rings. The summed E-state index contributed by atoms with van der Waals surface area (Å²) in [6, 6.07) is 24.1. The minimum absolute atomic E-state index is 0.388. The van der Waals surface area contributed by atoms with E-state index in [1.807, 2.05) is 48.5 Å². The molecule has 0 spiro atoms. The van der Waals surface area contributed by atoms with Gasteiger partial charge in [0, 0.05) is 35.1 Å². The first-order valence-corrected chi connectivity index (χ1v) is 10.6. The van der Waals surface area contributed by atoms with Crippen LogP contribution in [0.15, 0.2) is 91.4 Å². The van der Waals surface area contributed by atoms with Crippen LogP contribution in [0.2, 0.25) is 5.15 Å². The van der Waals surface area contributed by atoms with Crippen LogP contribution in [-0.2, 0) is 6.54 Å². The van der Waals surface area contributed by atoms with Gasteiger partial charge in [-0.1, -0.05) is 66.2 Å². The smallest absolute Gasteiger partial charge is 0.140 e. The molecule has 0 aliphatic rings. The van der Waals surface area contributed by atoms with Gasteiger partial charge in [-0.3, -0.25) is 9.97 Å². The highest BCUT2D eigenvalue weighted by Crippen LogP contribution is 2.41. The van der Waals surface area contributed by atoms with E-state index in [2.05, 4.69) is 39.6 Å². The quantitative estimate of drug-likeness (QED) is 0.320. The average molecular weight is 438 g/mol. The first-order valence-electron chi connectivity index (χ1n) is 10.2. The van der Waals surface area contributed by atoms with E-state index in [0.717, 1.165) is 38.7 Å². The molecular weight excluding hydrogens is 418 g/mol. The van der Waals surface area contributed by atoms with Gasteiger partial charge in [-0.15, -0.1) is 0 Å². The van der Waals surface area contributed by atoms with E-state index in [-0.39, 0.29) is 0 Å². The van der Waals surface area contributed by atoms with Crippen molar-refractivity contribution >= 4 is 33.9 Å². The van der Waals surface area contributed by atoms with Gasteiger partial charge < -0.3 is 11.1 Å². The van der Waals surface area contributed by atoms with Crippen molar-refractivity contribution in [1.29, 1.82) is 0 Å². The number of hydrogen-bond acceptors (Lipinski definition) is 5. The predicted molar refractivity (Wildman–Crippen MR) is 131 cm³/mol. The number of anilines is 2. The van der Waals surface area contributed by atoms with E-state index >= 15 is 0 Å². The van der Waals surface area contributed by atoms with Crippen LogP contribution in [0.5, 0.6) is 0 Å². The molecule has 0 radical (unpaired) electrons. The summed E-state index contributed by atoms with van der Waals surface area (Å²) in [5, 5.41) is 5.79. The van der Waals surface area contributed by atoms with Crippen molar-refractivity contribution < 1.29 is 0 Å². The summed E-state index contributed by atoms with van der Waals surface area (Å²) in [6.45, 7) is 0.529. The van der Waals surface area contributed by atoms with Crippen LogP contribution < -0.4 is 11.1 Å². The monoisotopic (exact) mass is 437 g/mol. The Bertz CT molecular complexity index is 1390. The van der Waals surface area contributed by atoms with Crippen molar-refractivity contribution in [2.24, 2.45) is 0 Å². The van der Waals surface area contributed by atoms with Gasteiger partial charge in [-0.05, 0) is 34.7 Å². The highest BCUT2D eigenvalue weighted by Gasteiger charge is 2.18. The van der Waals surface area contributed by atoms with Crippen LogP contribution in [0.1, 0.15) is 5.69 Å². The number of hydrogen-bond donors (Lipinski definition) is 2. The molecule has 0 aliphatic heterocycles. The molecule has 0 fully saturated rings. The number of fused-ring (bicyclic) bond motifs is 1. The molecule has 32 heavy (non-hydrogen) atoms. The van der Waals surface area contributed by atoms with Gasteiger partial charge in [0.2, 0.25) is 0 Å². The molecular formula is C26H20ClN5. The Kier molecular flexibility index (Phi) is 5.40. The second-order valence-corrected chi connectivity index (χ2v) is 7.76. The minimum Gasteiger partial charge on any atom is -0.397 e. The SMILES string of the molecule is Nc1cncc(-c2c(Cl)nc(NCc3ccccn3)c3c(-c4ccccc4)cccc23)c1. The summed E-state index contributed by atoms with van der Waals surface area (Å²) in [5.74, 6) is 0.704. The fraction of sp³-hybridized carbons (Fsp3) is 0.0385. The van der Waals surface area contributed by atoms with Crippen molar-refractivity contribution in [1.82, 2.24) is 15.0 Å². The first-order chi connectivity index (χ1) is 15.7. The lowest BCUT2D eigenvalue weighted by atomic mass is 9.94. The Morgan fingerprint density at radius 2 is 1.72 bits per heavy atom. The normalized spacial score (nSPS) is 10.9. The van der Waals surface area contributed by atoms with Crippen LogP contribution >= 0.6 is 11.6 Å². The maximum atomic E-state index is 6.74. The third kappa shape index (κ3) is 3.86. The lowest BCUT2D eigenvalue weighted by molar-refractivity contribution is 1.03. The molecule has 0 saturated heterocycles. The Hall–Kier alpha value is -3.96. The molecule has 0 unspecified atom stereocenters. The zero-order valence-corrected chi connectivity index (χ0v) is 17.9. The van der Waals surface area contributed by atoms with Crippen molar-refractivity contribution in [3.63, 3.8) is 0 Å². The Labute approximate surface area is 191 Å². The summed E-state index contributed by atoms with van der Waals surface area (Å²) in [6.07, 6.45) is 5.15. The van der Waals surface area contributed by atoms with Crippen molar-refractivity contribution in [3.05, 3.63) is 102 Å². The summed E-state index contributed by atoms with van der Waals surface area (Å²) < 4.78 is 0. The lowest BCUT2D eigenvalue weighted by Crippen LogP contribution is -2.05. The van der Waals surface area contributed by atoms with E-state index in [9.17, 15) is 0 Å². The van der Waals surface area contributed by atoms with Crippen molar-refractivity contribution in [2.45, 2.75) is 6.54 Å². The van der Waals surface area contributed by atoms with E-state index < -0.39 is 0 Å². The van der Waals surface area contributed by atoms with E-state index in [1.54, 1.807) is 18.6 Å². The highest BCUT2D eigenvalue weighted by molar-refractivity contribution is 6.34. The van der Waals surface area contributed by atoms with Gasteiger partial charge in [0.25, 0.3) is 0 Å². The Balaban J connectivity index is 1.75. The molecule has 0 saturated carbocycles. The summed E-state index contributed by atoms with van der Waals surface area (Å²) in [7, 11) is 0. The average Bonchev–Trinajstić information content (AvgIpc) is 2.83. The van der Waals surface area contributed by atoms with Crippen LogP contribution in [-0.4, -0.2) is 15.0 Å². The number of rotatable bonds is 5. The lowest BCUT2D eigenvalue weighted by Gasteiger charge is -2.17. The van der Waals surface area contributed by atoms with Gasteiger partial charge in [-0.2, -0.15) is 0 Å². The third-order valence-electron chi connectivity index (χ3n) is 5.28. The van der Waals surface area contributed by atoms with Gasteiger partial charge >= 0.3 is 0 Å². The summed E-state index contributed by atoms with van der Waals surface area (Å²) in [4.78, 5) is 13.4. The number of nitrogens with one attached hydrogen (secondary N) is 1. The fourth-order valence-corrected chi connectivity index (χ4v) is 4.16. The Morgan fingerprint density at radius 1 is 0.875 bits per heavy atom. The molecule has 2 aromatic carbocycles. The van der Waals surface area contributed by atoms with Gasteiger partial charge in [-0.25, -0.2) is 4.98 Å². The molecule has 156 valence electrons. The van der Waals surface area contributed by atoms with Gasteiger partial charge in [0.05, 0.1) is 17.9 Å². The molecule has 0 amide bonds. The standard InChI is InChI=1S/C26H20ClN5/c27-25-23(18-13-19(28)15-29-14-18)22-11-6-10-21(17-7-2-1-3-8-17)24(22)26(32-25)31-16-20-9-4-5-12-30-20/h1-15H,16,28H2,(H,31,32). The number of nitrogen functional groups attached to an aromatic ring is 1. The minimum atomic E-state index is 0.388. The predicted octanol–water partition coefficient (Wildman–Crippen LogP) is 6.21. The van der Waals surface area contributed by atoms with E-state index in [4.69, 9.17) is 22.3 Å². The molecule has 5 rings (SSSR count). The topological polar surface area (TPSA) is 76.7 Å². The number of halogens is 1.